The number of guanidine groups is 1. The molecule has 4 nitrogen and oxygen atoms in total. The molecule has 0 unspecified atom stereocenters. The minimum atomic E-state index is 0.145. The highest BCUT2D eigenvalue weighted by Gasteiger charge is 2.07. The van der Waals surface area contributed by atoms with E-state index in [4.69, 9.17) is 11.5 Å². The van der Waals surface area contributed by atoms with Gasteiger partial charge in [-0.25, -0.2) is 0 Å². The molecule has 0 radical (unpaired) electrons. The maximum Gasteiger partial charge on any atom is 0.185 e. The Bertz CT molecular complexity index is 383. The summed E-state index contributed by atoms with van der Waals surface area (Å²) in [4.78, 5) is 3.97. The minimum Gasteiger partial charge on any atom is -0.370 e. The van der Waals surface area contributed by atoms with Gasteiger partial charge in [-0.2, -0.15) is 0 Å². The summed E-state index contributed by atoms with van der Waals surface area (Å²) >= 11 is 0. The van der Waals surface area contributed by atoms with Gasteiger partial charge in [0.05, 0.1) is 0 Å². The fourth-order valence-electron chi connectivity index (χ4n) is 1.51. The van der Waals surface area contributed by atoms with E-state index in [1.54, 1.807) is 0 Å². The van der Waals surface area contributed by atoms with E-state index in [0.29, 0.717) is 6.54 Å². The van der Waals surface area contributed by atoms with Crippen LogP contribution in [-0.2, 0) is 13.0 Å². The molecule has 0 spiro atoms. The van der Waals surface area contributed by atoms with Crippen LogP contribution in [0.4, 0.5) is 0 Å². The molecule has 0 aliphatic carbocycles. The zero-order chi connectivity index (χ0) is 13.6. The van der Waals surface area contributed by atoms with E-state index >= 15 is 0 Å². The Morgan fingerprint density at radius 1 is 1.11 bits per heavy atom. The van der Waals surface area contributed by atoms with Crippen LogP contribution in [0, 0.1) is 0 Å². The lowest BCUT2D eigenvalue weighted by atomic mass is 10.1. The van der Waals surface area contributed by atoms with E-state index in [-0.39, 0.29) is 11.5 Å². The number of rotatable bonds is 5. The standard InChI is InChI=1S/C14H24N4/c1-14(2,3)18-10-12-6-4-11(5-7-12)8-9-17-13(15)16/h4-7,18H,8-10H2,1-3H3,(H4,15,16,17). The maximum atomic E-state index is 5.28. The molecule has 0 saturated heterocycles. The molecule has 0 aliphatic rings. The largest absolute Gasteiger partial charge is 0.370 e. The average molecular weight is 248 g/mol. The summed E-state index contributed by atoms with van der Waals surface area (Å²) < 4.78 is 0. The Hall–Kier alpha value is -1.55. The van der Waals surface area contributed by atoms with Gasteiger partial charge < -0.3 is 16.8 Å². The third-order valence-electron chi connectivity index (χ3n) is 2.54. The molecule has 0 heterocycles. The van der Waals surface area contributed by atoms with E-state index < -0.39 is 0 Å². The van der Waals surface area contributed by atoms with E-state index in [2.05, 4.69) is 55.3 Å². The van der Waals surface area contributed by atoms with Crippen LogP contribution < -0.4 is 16.8 Å². The summed E-state index contributed by atoms with van der Waals surface area (Å²) in [6, 6.07) is 8.54. The van der Waals surface area contributed by atoms with Crippen LogP contribution in [-0.4, -0.2) is 18.0 Å². The molecule has 0 saturated carbocycles. The van der Waals surface area contributed by atoms with Crippen LogP contribution >= 0.6 is 0 Å². The van der Waals surface area contributed by atoms with Crippen LogP contribution in [0.5, 0.6) is 0 Å². The lowest BCUT2D eigenvalue weighted by Crippen LogP contribution is -2.35. The third-order valence-corrected chi connectivity index (χ3v) is 2.54. The van der Waals surface area contributed by atoms with Gasteiger partial charge in [-0.3, -0.25) is 4.99 Å². The normalized spacial score (nSPS) is 11.3. The summed E-state index contributed by atoms with van der Waals surface area (Å²) in [6.45, 7) is 8.02. The van der Waals surface area contributed by atoms with Crippen molar-refractivity contribution in [3.05, 3.63) is 35.4 Å². The van der Waals surface area contributed by atoms with Crippen molar-refractivity contribution in [1.29, 1.82) is 0 Å². The summed E-state index contributed by atoms with van der Waals surface area (Å²) in [6.07, 6.45) is 0.866. The van der Waals surface area contributed by atoms with Gasteiger partial charge in [0.1, 0.15) is 0 Å². The first-order valence-corrected chi connectivity index (χ1v) is 6.25. The zero-order valence-electron chi connectivity index (χ0n) is 11.5. The molecule has 0 bridgehead atoms. The highest BCUT2D eigenvalue weighted by Crippen LogP contribution is 2.07. The molecule has 4 heteroatoms. The molecular weight excluding hydrogens is 224 g/mol. The van der Waals surface area contributed by atoms with Crippen molar-refractivity contribution in [3.8, 4) is 0 Å². The number of hydrogen-bond acceptors (Lipinski definition) is 2. The molecule has 100 valence electrons. The van der Waals surface area contributed by atoms with Crippen LogP contribution in [0.2, 0.25) is 0 Å². The number of aliphatic imine (C=N–C) groups is 1. The van der Waals surface area contributed by atoms with Crippen molar-refractivity contribution in [2.75, 3.05) is 6.54 Å². The Balaban J connectivity index is 2.45. The van der Waals surface area contributed by atoms with Crippen LogP contribution in [0.1, 0.15) is 31.9 Å². The molecule has 18 heavy (non-hydrogen) atoms. The zero-order valence-corrected chi connectivity index (χ0v) is 11.5. The number of nitrogens with two attached hydrogens (primary N) is 2. The van der Waals surface area contributed by atoms with Gasteiger partial charge in [-0.15, -0.1) is 0 Å². The van der Waals surface area contributed by atoms with Gasteiger partial charge in [0, 0.05) is 18.6 Å². The second-order valence-electron chi connectivity index (χ2n) is 5.48. The Kier molecular flexibility index (Phi) is 5.16. The smallest absolute Gasteiger partial charge is 0.185 e. The molecule has 1 aromatic carbocycles. The van der Waals surface area contributed by atoms with Gasteiger partial charge >= 0.3 is 0 Å². The lowest BCUT2D eigenvalue weighted by Gasteiger charge is -2.20. The highest BCUT2D eigenvalue weighted by atomic mass is 15.0. The third kappa shape index (κ3) is 6.25. The summed E-state index contributed by atoms with van der Waals surface area (Å²) in [7, 11) is 0. The van der Waals surface area contributed by atoms with Crippen LogP contribution in [0.15, 0.2) is 29.3 Å². The number of nitrogens with one attached hydrogen (secondary N) is 1. The molecule has 1 rings (SSSR count). The first-order chi connectivity index (χ1) is 8.37. The van der Waals surface area contributed by atoms with Crippen molar-refractivity contribution in [3.63, 3.8) is 0 Å². The summed E-state index contributed by atoms with van der Waals surface area (Å²) in [5, 5.41) is 3.46. The SMILES string of the molecule is CC(C)(C)NCc1ccc(CCN=C(N)N)cc1. The fourth-order valence-corrected chi connectivity index (χ4v) is 1.51. The quantitative estimate of drug-likeness (QED) is 0.544. The van der Waals surface area contributed by atoms with Gasteiger partial charge in [-0.05, 0) is 38.3 Å². The molecular formula is C14H24N4. The molecule has 0 aromatic heterocycles. The van der Waals surface area contributed by atoms with Crippen LogP contribution in [0.3, 0.4) is 0 Å². The fraction of sp³-hybridized carbons (Fsp3) is 0.500. The second kappa shape index (κ2) is 6.40. The molecule has 0 fully saturated rings. The first-order valence-electron chi connectivity index (χ1n) is 6.25. The molecule has 0 aliphatic heterocycles. The topological polar surface area (TPSA) is 76.4 Å². The average Bonchev–Trinajstić information content (AvgIpc) is 2.26. The van der Waals surface area contributed by atoms with Gasteiger partial charge in [0.15, 0.2) is 5.96 Å². The molecule has 5 N–H and O–H groups in total. The summed E-state index contributed by atoms with van der Waals surface area (Å²) in [5.41, 5.74) is 13.2. The Morgan fingerprint density at radius 2 is 1.67 bits per heavy atom. The van der Waals surface area contributed by atoms with Gasteiger partial charge in [0.2, 0.25) is 0 Å². The predicted molar refractivity (Wildman–Crippen MR) is 77.4 cm³/mol. The van der Waals surface area contributed by atoms with Crippen LogP contribution in [0.25, 0.3) is 0 Å². The molecule has 0 amide bonds. The monoisotopic (exact) mass is 248 g/mol. The van der Waals surface area contributed by atoms with Gasteiger partial charge in [0.25, 0.3) is 0 Å². The predicted octanol–water partition coefficient (Wildman–Crippen LogP) is 1.39. The van der Waals surface area contributed by atoms with E-state index in [9.17, 15) is 0 Å². The lowest BCUT2D eigenvalue weighted by molar-refractivity contribution is 0.424. The number of benzene rings is 1. The minimum absolute atomic E-state index is 0.145. The molecule has 1 aromatic rings. The van der Waals surface area contributed by atoms with E-state index in [1.807, 2.05) is 0 Å². The van der Waals surface area contributed by atoms with Crippen molar-refractivity contribution in [2.24, 2.45) is 16.5 Å². The number of nitrogens with zero attached hydrogens (tertiary/aromatic N) is 1. The van der Waals surface area contributed by atoms with Gasteiger partial charge in [-0.1, -0.05) is 24.3 Å². The van der Waals surface area contributed by atoms with Crippen molar-refractivity contribution in [2.45, 2.75) is 39.3 Å². The highest BCUT2D eigenvalue weighted by molar-refractivity contribution is 5.75. The van der Waals surface area contributed by atoms with Crippen molar-refractivity contribution < 1.29 is 0 Å². The Labute approximate surface area is 109 Å². The second-order valence-corrected chi connectivity index (χ2v) is 5.48. The van der Waals surface area contributed by atoms with E-state index in [0.717, 1.165) is 13.0 Å². The molecule has 0 atom stereocenters. The Morgan fingerprint density at radius 3 is 2.17 bits per heavy atom. The first kappa shape index (κ1) is 14.5. The van der Waals surface area contributed by atoms with Crippen molar-refractivity contribution >= 4 is 5.96 Å². The number of hydrogen-bond donors (Lipinski definition) is 3. The van der Waals surface area contributed by atoms with Crippen molar-refractivity contribution in [1.82, 2.24) is 5.32 Å². The maximum absolute atomic E-state index is 5.28. The van der Waals surface area contributed by atoms with E-state index in [1.165, 1.54) is 11.1 Å². The summed E-state index contributed by atoms with van der Waals surface area (Å²) in [5.74, 6) is 0.154.